The van der Waals surface area contributed by atoms with Crippen molar-refractivity contribution in [2.24, 2.45) is 0 Å². The van der Waals surface area contributed by atoms with E-state index in [0.717, 1.165) is 33.0 Å². The third-order valence-corrected chi connectivity index (χ3v) is 6.26. The predicted molar refractivity (Wildman–Crippen MR) is 119 cm³/mol. The van der Waals surface area contributed by atoms with Gasteiger partial charge in [0.05, 0.1) is 18.9 Å². The van der Waals surface area contributed by atoms with E-state index < -0.39 is 0 Å². The van der Waals surface area contributed by atoms with E-state index in [4.69, 9.17) is 21.1 Å². The molecule has 0 saturated heterocycles. The van der Waals surface area contributed by atoms with Crippen LogP contribution in [0.1, 0.15) is 36.6 Å². The van der Waals surface area contributed by atoms with E-state index in [2.05, 4.69) is 10.7 Å². The Balaban J connectivity index is 1.75. The van der Waals surface area contributed by atoms with E-state index in [1.54, 1.807) is 11.3 Å². The highest BCUT2D eigenvalue weighted by atomic mass is 35.5. The highest BCUT2D eigenvalue weighted by Gasteiger charge is 2.31. The number of thiophene rings is 1. The van der Waals surface area contributed by atoms with Crippen LogP contribution in [0.4, 0.5) is 5.69 Å². The Labute approximate surface area is 179 Å². The molecular formula is C23H22ClNO3S. The summed E-state index contributed by atoms with van der Waals surface area (Å²) < 4.78 is 11.5. The Morgan fingerprint density at radius 1 is 1.07 bits per heavy atom. The number of benzene rings is 2. The molecule has 0 radical (unpaired) electrons. The summed E-state index contributed by atoms with van der Waals surface area (Å²) in [6.07, 6.45) is 0.410. The van der Waals surface area contributed by atoms with Crippen LogP contribution in [0.25, 0.3) is 11.1 Å². The van der Waals surface area contributed by atoms with Crippen molar-refractivity contribution < 1.29 is 14.3 Å². The zero-order chi connectivity index (χ0) is 20.4. The molecule has 1 amide bonds. The normalized spacial score (nSPS) is 15.6. The van der Waals surface area contributed by atoms with Gasteiger partial charge in [-0.15, -0.1) is 11.3 Å². The standard InChI is InChI=1S/C23H22ClNO3S/c1-3-27-19-10-7-15(11-20(19)28-4-2)17-12-21(26)25-22-18(13-29-23(17)22)14-5-8-16(24)9-6-14/h5-11,13,17H,3-4,12H2,1-2H3,(H,25,26)/t17-/m1/s1. The van der Waals surface area contributed by atoms with Gasteiger partial charge in [-0.05, 0) is 49.2 Å². The van der Waals surface area contributed by atoms with Crippen LogP contribution in [0.5, 0.6) is 11.5 Å². The highest BCUT2D eigenvalue weighted by Crippen LogP contribution is 2.47. The maximum Gasteiger partial charge on any atom is 0.225 e. The SMILES string of the molecule is CCOc1ccc([C@H]2CC(=O)Nc3c(-c4ccc(Cl)cc4)csc32)cc1OCC. The maximum atomic E-state index is 12.5. The van der Waals surface area contributed by atoms with Crippen LogP contribution in [-0.4, -0.2) is 19.1 Å². The molecule has 4 rings (SSSR count). The number of anilines is 1. The summed E-state index contributed by atoms with van der Waals surface area (Å²) in [6.45, 7) is 5.03. The monoisotopic (exact) mass is 427 g/mol. The first-order chi connectivity index (χ1) is 14.1. The van der Waals surface area contributed by atoms with Crippen LogP contribution in [0.15, 0.2) is 47.8 Å². The lowest BCUT2D eigenvalue weighted by molar-refractivity contribution is -0.116. The second-order valence-corrected chi connectivity index (χ2v) is 8.12. The molecule has 1 aromatic heterocycles. The van der Waals surface area contributed by atoms with Crippen molar-refractivity contribution in [2.75, 3.05) is 18.5 Å². The quantitative estimate of drug-likeness (QED) is 0.499. The number of hydrogen-bond donors (Lipinski definition) is 1. The van der Waals surface area contributed by atoms with Crippen LogP contribution in [0.2, 0.25) is 5.02 Å². The van der Waals surface area contributed by atoms with E-state index in [1.807, 2.05) is 56.3 Å². The minimum Gasteiger partial charge on any atom is -0.490 e. The van der Waals surface area contributed by atoms with Gasteiger partial charge in [0.1, 0.15) is 0 Å². The van der Waals surface area contributed by atoms with Gasteiger partial charge in [0, 0.05) is 33.2 Å². The van der Waals surface area contributed by atoms with Crippen molar-refractivity contribution in [3.63, 3.8) is 0 Å². The van der Waals surface area contributed by atoms with Crippen molar-refractivity contribution in [3.05, 3.63) is 63.3 Å². The summed E-state index contributed by atoms with van der Waals surface area (Å²) in [6, 6.07) is 13.7. The van der Waals surface area contributed by atoms with Crippen molar-refractivity contribution in [3.8, 4) is 22.6 Å². The first-order valence-corrected chi connectivity index (χ1v) is 10.9. The molecule has 3 aromatic rings. The van der Waals surface area contributed by atoms with Gasteiger partial charge in [-0.2, -0.15) is 0 Å². The fourth-order valence-corrected chi connectivity index (χ4v) is 4.91. The third kappa shape index (κ3) is 3.98. The van der Waals surface area contributed by atoms with E-state index in [0.29, 0.717) is 30.4 Å². The van der Waals surface area contributed by atoms with Gasteiger partial charge in [-0.1, -0.05) is 29.8 Å². The molecular weight excluding hydrogens is 406 g/mol. The smallest absolute Gasteiger partial charge is 0.225 e. The minimum absolute atomic E-state index is 0.0142. The van der Waals surface area contributed by atoms with E-state index in [-0.39, 0.29) is 11.8 Å². The number of rotatable bonds is 6. The number of ether oxygens (including phenoxy) is 2. The number of hydrogen-bond acceptors (Lipinski definition) is 4. The van der Waals surface area contributed by atoms with Gasteiger partial charge in [0.15, 0.2) is 11.5 Å². The Kier molecular flexibility index (Phi) is 5.79. The topological polar surface area (TPSA) is 47.6 Å². The zero-order valence-corrected chi connectivity index (χ0v) is 17.9. The first-order valence-electron chi connectivity index (χ1n) is 9.67. The molecule has 0 saturated carbocycles. The van der Waals surface area contributed by atoms with Crippen LogP contribution >= 0.6 is 22.9 Å². The van der Waals surface area contributed by atoms with Gasteiger partial charge in [-0.25, -0.2) is 0 Å². The number of carbonyl (C=O) groups excluding carboxylic acids is 1. The van der Waals surface area contributed by atoms with Gasteiger partial charge >= 0.3 is 0 Å². The lowest BCUT2D eigenvalue weighted by Crippen LogP contribution is -2.22. The number of carbonyl (C=O) groups is 1. The van der Waals surface area contributed by atoms with Gasteiger partial charge in [0.2, 0.25) is 5.91 Å². The highest BCUT2D eigenvalue weighted by molar-refractivity contribution is 7.11. The van der Waals surface area contributed by atoms with Crippen molar-refractivity contribution >= 4 is 34.5 Å². The summed E-state index contributed by atoms with van der Waals surface area (Å²) in [5, 5.41) is 5.87. The van der Waals surface area contributed by atoms with Crippen molar-refractivity contribution in [1.82, 2.24) is 0 Å². The van der Waals surface area contributed by atoms with E-state index >= 15 is 0 Å². The minimum atomic E-state index is -0.0142. The van der Waals surface area contributed by atoms with Gasteiger partial charge < -0.3 is 14.8 Å². The molecule has 0 aliphatic carbocycles. The molecule has 1 N–H and O–H groups in total. The molecule has 1 aliphatic heterocycles. The molecule has 0 bridgehead atoms. The first kappa shape index (κ1) is 19.8. The van der Waals surface area contributed by atoms with Crippen LogP contribution < -0.4 is 14.8 Å². The second kappa shape index (κ2) is 8.47. The lowest BCUT2D eigenvalue weighted by Gasteiger charge is -2.25. The Morgan fingerprint density at radius 3 is 2.52 bits per heavy atom. The summed E-state index contributed by atoms with van der Waals surface area (Å²) in [4.78, 5) is 13.7. The molecule has 6 heteroatoms. The lowest BCUT2D eigenvalue weighted by atomic mass is 9.89. The summed E-state index contributed by atoms with van der Waals surface area (Å²) in [7, 11) is 0. The molecule has 2 heterocycles. The van der Waals surface area contributed by atoms with Gasteiger partial charge in [0.25, 0.3) is 0 Å². The van der Waals surface area contributed by atoms with Crippen molar-refractivity contribution in [2.45, 2.75) is 26.2 Å². The van der Waals surface area contributed by atoms with E-state index in [9.17, 15) is 4.79 Å². The number of nitrogens with one attached hydrogen (secondary N) is 1. The summed E-state index contributed by atoms with van der Waals surface area (Å²) in [5.74, 6) is 1.45. The van der Waals surface area contributed by atoms with Gasteiger partial charge in [-0.3, -0.25) is 4.79 Å². The Hall–Kier alpha value is -2.50. The molecule has 150 valence electrons. The maximum absolute atomic E-state index is 12.5. The average Bonchev–Trinajstić information content (AvgIpc) is 3.13. The van der Waals surface area contributed by atoms with E-state index in [1.165, 1.54) is 0 Å². The molecule has 2 aromatic carbocycles. The molecule has 0 unspecified atom stereocenters. The third-order valence-electron chi connectivity index (χ3n) is 4.91. The van der Waals surface area contributed by atoms with Crippen LogP contribution in [0, 0.1) is 0 Å². The van der Waals surface area contributed by atoms with Crippen LogP contribution in [0.3, 0.4) is 0 Å². The van der Waals surface area contributed by atoms with Crippen molar-refractivity contribution in [1.29, 1.82) is 0 Å². The molecule has 0 fully saturated rings. The molecule has 0 spiro atoms. The largest absolute Gasteiger partial charge is 0.490 e. The average molecular weight is 428 g/mol. The number of fused-ring (bicyclic) bond motifs is 1. The fraction of sp³-hybridized carbons (Fsp3) is 0.261. The fourth-order valence-electron chi connectivity index (χ4n) is 3.62. The number of halogens is 1. The predicted octanol–water partition coefficient (Wildman–Crippen LogP) is 6.34. The second-order valence-electron chi connectivity index (χ2n) is 6.77. The Morgan fingerprint density at radius 2 is 1.79 bits per heavy atom. The molecule has 29 heavy (non-hydrogen) atoms. The summed E-state index contributed by atoms with van der Waals surface area (Å²) in [5.41, 5.74) is 4.01. The number of amides is 1. The Bertz CT molecular complexity index is 1030. The zero-order valence-electron chi connectivity index (χ0n) is 16.3. The molecule has 1 atom stereocenters. The molecule has 4 nitrogen and oxygen atoms in total. The van der Waals surface area contributed by atoms with Crippen LogP contribution in [-0.2, 0) is 4.79 Å². The summed E-state index contributed by atoms with van der Waals surface area (Å²) >= 11 is 7.70. The molecule has 1 aliphatic rings.